The van der Waals surface area contributed by atoms with Crippen molar-refractivity contribution in [2.75, 3.05) is 31.7 Å². The molecular formula is C20H17F5N4O4. The van der Waals surface area contributed by atoms with Crippen LogP contribution < -0.4 is 15.8 Å². The molecular weight excluding hydrogens is 455 g/mol. The van der Waals surface area contributed by atoms with Crippen LogP contribution in [-0.2, 0) is 15.0 Å². The van der Waals surface area contributed by atoms with Crippen molar-refractivity contribution < 1.29 is 41.0 Å². The van der Waals surface area contributed by atoms with Crippen molar-refractivity contribution in [2.45, 2.75) is 17.6 Å². The lowest BCUT2D eigenvalue weighted by Crippen LogP contribution is -2.55. The number of amides is 1. The van der Waals surface area contributed by atoms with Crippen molar-refractivity contribution in [1.29, 1.82) is 0 Å². The first kappa shape index (κ1) is 22.7. The molecule has 13 heteroatoms. The van der Waals surface area contributed by atoms with Crippen molar-refractivity contribution in [1.82, 2.24) is 4.98 Å². The molecule has 8 nitrogen and oxygen atoms in total. The number of ether oxygens (including phenoxy) is 3. The van der Waals surface area contributed by atoms with Gasteiger partial charge in [0.2, 0.25) is 0 Å². The Labute approximate surface area is 183 Å². The number of alkyl halides is 3. The number of hydrogen-bond donors (Lipinski definition) is 2. The number of nitrogens with one attached hydrogen (secondary N) is 1. The van der Waals surface area contributed by atoms with Crippen molar-refractivity contribution in [2.24, 2.45) is 10.7 Å². The van der Waals surface area contributed by atoms with Crippen molar-refractivity contribution in [3.8, 4) is 5.75 Å². The monoisotopic (exact) mass is 472 g/mol. The van der Waals surface area contributed by atoms with Gasteiger partial charge in [0.15, 0.2) is 22.7 Å². The number of fused-ring (bicyclic) bond motifs is 1. The lowest BCUT2D eigenvalue weighted by Gasteiger charge is -2.38. The lowest BCUT2D eigenvalue weighted by atomic mass is 9.78. The first-order chi connectivity index (χ1) is 15.6. The molecule has 33 heavy (non-hydrogen) atoms. The molecule has 0 spiro atoms. The van der Waals surface area contributed by atoms with E-state index in [1.165, 1.54) is 6.07 Å². The Hall–Kier alpha value is -3.48. The number of anilines is 1. The number of nitrogens with zero attached hydrogens (tertiary/aromatic N) is 2. The number of pyridine rings is 1. The van der Waals surface area contributed by atoms with E-state index >= 15 is 4.39 Å². The molecule has 2 aliphatic heterocycles. The Morgan fingerprint density at radius 3 is 2.73 bits per heavy atom. The molecule has 4 rings (SSSR count). The van der Waals surface area contributed by atoms with E-state index in [9.17, 15) is 22.4 Å². The largest absolute Gasteiger partial charge is 0.486 e. The van der Waals surface area contributed by atoms with E-state index in [-0.39, 0.29) is 29.6 Å². The summed E-state index contributed by atoms with van der Waals surface area (Å²) in [4.78, 5) is 20.1. The van der Waals surface area contributed by atoms with Crippen LogP contribution >= 0.6 is 0 Å². The van der Waals surface area contributed by atoms with Gasteiger partial charge in [-0.3, -0.25) is 4.79 Å². The summed E-state index contributed by atoms with van der Waals surface area (Å²) in [5.41, 5.74) is 0.628. The van der Waals surface area contributed by atoms with Gasteiger partial charge in [-0.1, -0.05) is 0 Å². The maximum atomic E-state index is 15.5. The average molecular weight is 472 g/mol. The standard InChI is InChI=1S/C20H17F5N4O4/c21-13-2-1-10(3-12(13)20-9-31-7-19(20,25)8-33-18(26)29-20)28-17(30)16-14(22)4-11(5-27-16)32-6-15(23)24/h1-5,15H,6-9H2,(H2,26,29)(H,28,30)/t19-,20-/m1/s1. The van der Waals surface area contributed by atoms with Crippen LogP contribution in [0.1, 0.15) is 16.1 Å². The molecule has 3 N–H and O–H groups in total. The number of halogens is 5. The summed E-state index contributed by atoms with van der Waals surface area (Å²) in [6.07, 6.45) is -1.87. The predicted octanol–water partition coefficient (Wildman–Crippen LogP) is 2.53. The summed E-state index contributed by atoms with van der Waals surface area (Å²) in [7, 11) is 0. The van der Waals surface area contributed by atoms with Gasteiger partial charge in [0.1, 0.15) is 24.8 Å². The molecule has 2 aromatic rings. The normalized spacial score (nSPS) is 24.1. The Bertz CT molecular complexity index is 1120. The Balaban J connectivity index is 1.60. The molecule has 3 heterocycles. The molecule has 1 saturated heterocycles. The number of benzene rings is 1. The van der Waals surface area contributed by atoms with Gasteiger partial charge in [-0.2, -0.15) is 0 Å². The predicted molar refractivity (Wildman–Crippen MR) is 104 cm³/mol. The first-order valence-corrected chi connectivity index (χ1v) is 9.56. The minimum atomic E-state index is -2.77. The SMILES string of the molecule is NC1=N[C@@]2(c3cc(NC(=O)c4ncc(OCC(F)F)cc4F)ccc3F)COC[C@@]2(F)CO1. The minimum absolute atomic E-state index is 0.0143. The summed E-state index contributed by atoms with van der Waals surface area (Å²) in [5, 5.41) is 2.33. The fourth-order valence-electron chi connectivity index (χ4n) is 3.63. The molecule has 0 aliphatic carbocycles. The maximum absolute atomic E-state index is 15.5. The Kier molecular flexibility index (Phi) is 5.82. The van der Waals surface area contributed by atoms with E-state index in [2.05, 4.69) is 20.0 Å². The van der Waals surface area contributed by atoms with Gasteiger partial charge in [-0.25, -0.2) is 31.9 Å². The highest BCUT2D eigenvalue weighted by molar-refractivity contribution is 6.03. The molecule has 2 atom stereocenters. The second kappa shape index (κ2) is 8.46. The average Bonchev–Trinajstić information content (AvgIpc) is 3.10. The number of aliphatic imine (C=N–C) groups is 1. The summed E-state index contributed by atoms with van der Waals surface area (Å²) in [5.74, 6) is -3.27. The van der Waals surface area contributed by atoms with Crippen molar-refractivity contribution in [3.63, 3.8) is 0 Å². The highest BCUT2D eigenvalue weighted by atomic mass is 19.3. The smallest absolute Gasteiger partial charge is 0.283 e. The summed E-state index contributed by atoms with van der Waals surface area (Å²) < 4.78 is 83.8. The molecule has 1 aromatic carbocycles. The molecule has 0 unspecified atom stereocenters. The van der Waals surface area contributed by atoms with Crippen LogP contribution in [0.4, 0.5) is 27.6 Å². The van der Waals surface area contributed by atoms with E-state index in [1.807, 2.05) is 0 Å². The Morgan fingerprint density at radius 1 is 1.21 bits per heavy atom. The number of carbonyl (C=O) groups excluding carboxylic acids is 1. The molecule has 1 fully saturated rings. The van der Waals surface area contributed by atoms with Gasteiger partial charge in [-0.05, 0) is 18.2 Å². The van der Waals surface area contributed by atoms with Gasteiger partial charge in [0.05, 0.1) is 19.4 Å². The van der Waals surface area contributed by atoms with Gasteiger partial charge in [0.25, 0.3) is 18.4 Å². The zero-order valence-electron chi connectivity index (χ0n) is 16.8. The van der Waals surface area contributed by atoms with Crippen LogP contribution in [0.5, 0.6) is 5.75 Å². The highest BCUT2D eigenvalue weighted by Gasteiger charge is 2.62. The number of amidine groups is 1. The van der Waals surface area contributed by atoms with Gasteiger partial charge < -0.3 is 25.3 Å². The lowest BCUT2D eigenvalue weighted by molar-refractivity contribution is 0.00905. The second-order valence-electron chi connectivity index (χ2n) is 7.41. The van der Waals surface area contributed by atoms with Crippen LogP contribution in [0.25, 0.3) is 0 Å². The van der Waals surface area contributed by atoms with Crippen molar-refractivity contribution in [3.05, 3.63) is 53.4 Å². The number of aromatic nitrogens is 1. The van der Waals surface area contributed by atoms with Crippen LogP contribution in [0.15, 0.2) is 35.5 Å². The quantitative estimate of drug-likeness (QED) is 0.626. The number of rotatable bonds is 6. The molecule has 0 radical (unpaired) electrons. The molecule has 1 amide bonds. The molecule has 0 saturated carbocycles. The zero-order chi connectivity index (χ0) is 23.8. The second-order valence-corrected chi connectivity index (χ2v) is 7.41. The fraction of sp³-hybridized carbons (Fsp3) is 0.350. The summed E-state index contributed by atoms with van der Waals surface area (Å²) >= 11 is 0. The number of hydrogen-bond acceptors (Lipinski definition) is 7. The number of nitrogens with two attached hydrogens (primary N) is 1. The highest BCUT2D eigenvalue weighted by Crippen LogP contribution is 2.48. The number of carbonyl (C=O) groups is 1. The first-order valence-electron chi connectivity index (χ1n) is 9.56. The van der Waals surface area contributed by atoms with E-state index in [0.29, 0.717) is 0 Å². The summed E-state index contributed by atoms with van der Waals surface area (Å²) in [6.45, 7) is -2.20. The molecule has 2 aliphatic rings. The summed E-state index contributed by atoms with van der Waals surface area (Å²) in [6, 6.07) is 3.67. The van der Waals surface area contributed by atoms with Crippen LogP contribution in [0.3, 0.4) is 0 Å². The fourth-order valence-corrected chi connectivity index (χ4v) is 3.63. The van der Waals surface area contributed by atoms with E-state index in [1.54, 1.807) is 0 Å². The minimum Gasteiger partial charge on any atom is -0.486 e. The molecule has 0 bridgehead atoms. The topological polar surface area (TPSA) is 108 Å². The Morgan fingerprint density at radius 2 is 2.00 bits per heavy atom. The molecule has 1 aromatic heterocycles. The van der Waals surface area contributed by atoms with Gasteiger partial charge >= 0.3 is 0 Å². The third kappa shape index (κ3) is 4.15. The third-order valence-electron chi connectivity index (χ3n) is 5.21. The van der Waals surface area contributed by atoms with Gasteiger partial charge in [0, 0.05) is 17.3 Å². The molecule has 176 valence electrons. The van der Waals surface area contributed by atoms with Crippen molar-refractivity contribution >= 4 is 17.6 Å². The van der Waals surface area contributed by atoms with E-state index in [4.69, 9.17) is 15.2 Å². The van der Waals surface area contributed by atoms with E-state index < -0.39 is 60.7 Å². The van der Waals surface area contributed by atoms with Crippen LogP contribution in [0.2, 0.25) is 0 Å². The van der Waals surface area contributed by atoms with Gasteiger partial charge in [-0.15, -0.1) is 0 Å². The third-order valence-corrected chi connectivity index (χ3v) is 5.21. The maximum Gasteiger partial charge on any atom is 0.283 e. The zero-order valence-corrected chi connectivity index (χ0v) is 16.8. The van der Waals surface area contributed by atoms with E-state index in [0.717, 1.165) is 24.4 Å². The van der Waals surface area contributed by atoms with Crippen LogP contribution in [0, 0.1) is 11.6 Å². The van der Waals surface area contributed by atoms with Crippen LogP contribution in [-0.4, -0.2) is 55.4 Å².